The molecule has 0 unspecified atom stereocenters. The Morgan fingerprint density at radius 3 is 2.94 bits per heavy atom. The van der Waals surface area contributed by atoms with E-state index in [0.29, 0.717) is 0 Å². The van der Waals surface area contributed by atoms with Gasteiger partial charge in [0.2, 0.25) is 6.39 Å². The standard InChI is InChI=1S/C10H11BrN4O/c11-8-1-2-9(13-5-8)6-12-4-3-10-14-7-16-15-10/h1-2,5,7,12H,3-4,6H2. The Labute approximate surface area is 101 Å². The lowest BCUT2D eigenvalue weighted by Gasteiger charge is -2.02. The van der Waals surface area contributed by atoms with Crippen LogP contribution >= 0.6 is 15.9 Å². The van der Waals surface area contributed by atoms with Crippen molar-refractivity contribution in [2.75, 3.05) is 6.54 Å². The zero-order valence-electron chi connectivity index (χ0n) is 8.56. The number of pyridine rings is 1. The van der Waals surface area contributed by atoms with E-state index in [1.165, 1.54) is 6.39 Å². The molecule has 0 aliphatic rings. The summed E-state index contributed by atoms with van der Waals surface area (Å²) < 4.78 is 5.63. The second kappa shape index (κ2) is 5.72. The predicted octanol–water partition coefficient (Wildman–Crippen LogP) is 1.56. The van der Waals surface area contributed by atoms with Gasteiger partial charge in [-0.15, -0.1) is 0 Å². The Morgan fingerprint density at radius 2 is 2.25 bits per heavy atom. The molecule has 0 radical (unpaired) electrons. The maximum absolute atomic E-state index is 4.64. The van der Waals surface area contributed by atoms with Crippen LogP contribution in [0.2, 0.25) is 0 Å². The number of rotatable bonds is 5. The van der Waals surface area contributed by atoms with Gasteiger partial charge in [-0.05, 0) is 28.1 Å². The molecule has 0 bridgehead atoms. The van der Waals surface area contributed by atoms with Crippen LogP contribution in [0.5, 0.6) is 0 Å². The van der Waals surface area contributed by atoms with Crippen molar-refractivity contribution in [3.05, 3.63) is 40.7 Å². The largest absolute Gasteiger partial charge is 0.343 e. The van der Waals surface area contributed by atoms with E-state index in [-0.39, 0.29) is 0 Å². The van der Waals surface area contributed by atoms with Crippen LogP contribution in [0.3, 0.4) is 0 Å². The van der Waals surface area contributed by atoms with Gasteiger partial charge in [-0.2, -0.15) is 4.98 Å². The van der Waals surface area contributed by atoms with E-state index in [4.69, 9.17) is 0 Å². The molecule has 0 aromatic carbocycles. The first-order chi connectivity index (χ1) is 7.84. The summed E-state index contributed by atoms with van der Waals surface area (Å²) in [6.45, 7) is 1.54. The van der Waals surface area contributed by atoms with Crippen LogP contribution in [0, 0.1) is 0 Å². The van der Waals surface area contributed by atoms with Crippen molar-refractivity contribution >= 4 is 15.9 Å². The molecule has 0 amide bonds. The minimum atomic E-state index is 0.719. The van der Waals surface area contributed by atoms with Gasteiger partial charge < -0.3 is 9.84 Å². The van der Waals surface area contributed by atoms with Crippen LogP contribution in [0.15, 0.2) is 33.7 Å². The lowest BCUT2D eigenvalue weighted by molar-refractivity contribution is 0.409. The van der Waals surface area contributed by atoms with Crippen LogP contribution in [0.1, 0.15) is 11.5 Å². The van der Waals surface area contributed by atoms with E-state index in [1.54, 1.807) is 6.20 Å². The maximum atomic E-state index is 4.64. The highest BCUT2D eigenvalue weighted by molar-refractivity contribution is 9.10. The average Bonchev–Trinajstić information content (AvgIpc) is 2.80. The first-order valence-corrected chi connectivity index (χ1v) is 5.70. The van der Waals surface area contributed by atoms with Gasteiger partial charge in [0.05, 0.1) is 5.69 Å². The average molecular weight is 283 g/mol. The van der Waals surface area contributed by atoms with Crippen molar-refractivity contribution in [3.8, 4) is 0 Å². The molecular weight excluding hydrogens is 272 g/mol. The highest BCUT2D eigenvalue weighted by Gasteiger charge is 1.98. The molecule has 6 heteroatoms. The molecule has 2 heterocycles. The summed E-state index contributed by atoms with van der Waals surface area (Å²) in [5.74, 6) is 0.719. The van der Waals surface area contributed by atoms with Crippen molar-refractivity contribution < 1.29 is 4.52 Å². The van der Waals surface area contributed by atoms with Crippen LogP contribution < -0.4 is 5.32 Å². The number of hydrogen-bond donors (Lipinski definition) is 1. The monoisotopic (exact) mass is 282 g/mol. The van der Waals surface area contributed by atoms with Gasteiger partial charge in [0.25, 0.3) is 0 Å². The third-order valence-electron chi connectivity index (χ3n) is 2.03. The maximum Gasteiger partial charge on any atom is 0.213 e. The third kappa shape index (κ3) is 3.39. The van der Waals surface area contributed by atoms with Crippen molar-refractivity contribution in [1.82, 2.24) is 20.4 Å². The molecule has 0 saturated heterocycles. The Kier molecular flexibility index (Phi) is 4.01. The molecule has 2 rings (SSSR count). The lowest BCUT2D eigenvalue weighted by Crippen LogP contribution is -2.17. The molecule has 2 aromatic heterocycles. The van der Waals surface area contributed by atoms with Crippen LogP contribution in [0.25, 0.3) is 0 Å². The SMILES string of the molecule is Brc1ccc(CNCCc2ncon2)nc1. The minimum absolute atomic E-state index is 0.719. The van der Waals surface area contributed by atoms with Gasteiger partial charge in [0.1, 0.15) is 0 Å². The molecule has 0 aliphatic heterocycles. The van der Waals surface area contributed by atoms with Crippen LogP contribution in [0.4, 0.5) is 0 Å². The number of hydrogen-bond acceptors (Lipinski definition) is 5. The van der Waals surface area contributed by atoms with Gasteiger partial charge in [0, 0.05) is 30.2 Å². The molecule has 0 fully saturated rings. The Morgan fingerprint density at radius 1 is 1.31 bits per heavy atom. The van der Waals surface area contributed by atoms with Crippen molar-refractivity contribution in [3.63, 3.8) is 0 Å². The smallest absolute Gasteiger partial charge is 0.213 e. The van der Waals surface area contributed by atoms with Crippen molar-refractivity contribution in [2.24, 2.45) is 0 Å². The molecule has 0 saturated carbocycles. The van der Waals surface area contributed by atoms with Crippen LogP contribution in [-0.4, -0.2) is 21.7 Å². The first-order valence-electron chi connectivity index (χ1n) is 4.91. The molecule has 1 N–H and O–H groups in total. The van der Waals surface area contributed by atoms with Gasteiger partial charge in [0.15, 0.2) is 5.82 Å². The molecule has 0 atom stereocenters. The molecule has 16 heavy (non-hydrogen) atoms. The second-order valence-electron chi connectivity index (χ2n) is 3.24. The summed E-state index contributed by atoms with van der Waals surface area (Å²) in [5, 5.41) is 6.98. The Balaban J connectivity index is 1.70. The summed E-state index contributed by atoms with van der Waals surface area (Å²) in [5.41, 5.74) is 1.01. The summed E-state index contributed by atoms with van der Waals surface area (Å²) >= 11 is 3.34. The Bertz CT molecular complexity index is 415. The number of aromatic nitrogens is 3. The van der Waals surface area contributed by atoms with E-state index >= 15 is 0 Å². The minimum Gasteiger partial charge on any atom is -0.343 e. The molecular formula is C10H11BrN4O. The van der Waals surface area contributed by atoms with E-state index in [0.717, 1.165) is 35.5 Å². The highest BCUT2D eigenvalue weighted by atomic mass is 79.9. The summed E-state index contributed by atoms with van der Waals surface area (Å²) in [7, 11) is 0. The normalized spacial score (nSPS) is 10.6. The van der Waals surface area contributed by atoms with Crippen molar-refractivity contribution in [1.29, 1.82) is 0 Å². The highest BCUT2D eigenvalue weighted by Crippen LogP contribution is 2.06. The third-order valence-corrected chi connectivity index (χ3v) is 2.50. The van der Waals surface area contributed by atoms with Gasteiger partial charge in [-0.25, -0.2) is 0 Å². The fraction of sp³-hybridized carbons (Fsp3) is 0.300. The summed E-state index contributed by atoms with van der Waals surface area (Å²) in [6.07, 6.45) is 3.88. The molecule has 0 spiro atoms. The van der Waals surface area contributed by atoms with E-state index in [2.05, 4.69) is 40.9 Å². The van der Waals surface area contributed by atoms with Gasteiger partial charge >= 0.3 is 0 Å². The molecule has 0 aliphatic carbocycles. The van der Waals surface area contributed by atoms with E-state index < -0.39 is 0 Å². The predicted molar refractivity (Wildman–Crippen MR) is 61.6 cm³/mol. The van der Waals surface area contributed by atoms with Gasteiger partial charge in [-0.1, -0.05) is 5.16 Å². The lowest BCUT2D eigenvalue weighted by atomic mass is 10.3. The summed E-state index contributed by atoms with van der Waals surface area (Å²) in [4.78, 5) is 8.19. The fourth-order valence-corrected chi connectivity index (χ4v) is 1.46. The Hall–Kier alpha value is -1.27. The first kappa shape index (κ1) is 11.2. The zero-order chi connectivity index (χ0) is 11.2. The topological polar surface area (TPSA) is 63.8 Å². The number of halogens is 1. The molecule has 84 valence electrons. The quantitative estimate of drug-likeness (QED) is 0.844. The zero-order valence-corrected chi connectivity index (χ0v) is 10.1. The molecule has 2 aromatic rings. The van der Waals surface area contributed by atoms with Gasteiger partial charge in [-0.3, -0.25) is 4.98 Å². The van der Waals surface area contributed by atoms with Crippen LogP contribution in [-0.2, 0) is 13.0 Å². The molecule has 5 nitrogen and oxygen atoms in total. The number of nitrogens with one attached hydrogen (secondary N) is 1. The van der Waals surface area contributed by atoms with Crippen molar-refractivity contribution in [2.45, 2.75) is 13.0 Å². The number of nitrogens with zero attached hydrogens (tertiary/aromatic N) is 3. The fourth-order valence-electron chi connectivity index (χ4n) is 1.23. The second-order valence-corrected chi connectivity index (χ2v) is 4.16. The summed E-state index contributed by atoms with van der Waals surface area (Å²) in [6, 6.07) is 3.95. The van der Waals surface area contributed by atoms with E-state index in [9.17, 15) is 0 Å². The van der Waals surface area contributed by atoms with E-state index in [1.807, 2.05) is 12.1 Å².